The van der Waals surface area contributed by atoms with Crippen LogP contribution >= 0.6 is 11.3 Å². The van der Waals surface area contributed by atoms with Crippen molar-refractivity contribution in [3.8, 4) is 0 Å². The van der Waals surface area contributed by atoms with Crippen LogP contribution in [0.2, 0.25) is 0 Å². The molecule has 0 aromatic carbocycles. The average molecular weight is 255 g/mol. The number of hydrazine groups is 1. The third-order valence-electron chi connectivity index (χ3n) is 1.26. The Bertz CT molecular complexity index is 417. The Morgan fingerprint density at radius 3 is 2.50 bits per heavy atom. The lowest BCUT2D eigenvalue weighted by molar-refractivity contribution is -0.173. The lowest BCUT2D eigenvalue weighted by atomic mass is 10.5. The average Bonchev–Trinajstić information content (AvgIpc) is 2.60. The number of aromatic carboxylic acids is 1. The molecule has 0 unspecified atom stereocenters. The zero-order valence-electron chi connectivity index (χ0n) is 7.33. The van der Waals surface area contributed by atoms with Crippen LogP contribution in [0.25, 0.3) is 0 Å². The summed E-state index contributed by atoms with van der Waals surface area (Å²) in [6.07, 6.45) is -5.01. The van der Waals surface area contributed by atoms with E-state index in [2.05, 4.69) is 4.98 Å². The van der Waals surface area contributed by atoms with E-state index < -0.39 is 18.1 Å². The van der Waals surface area contributed by atoms with Crippen molar-refractivity contribution < 1.29 is 27.9 Å². The fourth-order valence-electron chi connectivity index (χ4n) is 0.610. The maximum Gasteiger partial charge on any atom is 0.472 e. The van der Waals surface area contributed by atoms with E-state index in [0.717, 1.165) is 16.7 Å². The second-order valence-electron chi connectivity index (χ2n) is 2.42. The predicted octanol–water partition coefficient (Wildman–Crippen LogP) is 0.847. The number of nitrogens with one attached hydrogen (secondary N) is 2. The molecule has 1 amide bonds. The highest BCUT2D eigenvalue weighted by Crippen LogP contribution is 2.16. The molecule has 88 valence electrons. The second-order valence-corrected chi connectivity index (χ2v) is 3.28. The van der Waals surface area contributed by atoms with Gasteiger partial charge >= 0.3 is 18.1 Å². The van der Waals surface area contributed by atoms with Crippen LogP contribution in [0.5, 0.6) is 0 Å². The summed E-state index contributed by atoms with van der Waals surface area (Å²) in [5.74, 6) is -3.51. The molecule has 1 rings (SSSR count). The Labute approximate surface area is 90.1 Å². The highest BCUT2D eigenvalue weighted by atomic mass is 32.1. The van der Waals surface area contributed by atoms with E-state index in [0.29, 0.717) is 0 Å². The number of halogens is 3. The molecule has 0 bridgehead atoms. The van der Waals surface area contributed by atoms with Crippen LogP contribution in [0.1, 0.15) is 10.5 Å². The van der Waals surface area contributed by atoms with Gasteiger partial charge in [0.2, 0.25) is 5.13 Å². The van der Waals surface area contributed by atoms with Crippen molar-refractivity contribution in [3.05, 3.63) is 11.1 Å². The van der Waals surface area contributed by atoms with E-state index in [1.165, 1.54) is 5.43 Å². The van der Waals surface area contributed by atoms with Gasteiger partial charge in [0.1, 0.15) is 0 Å². The van der Waals surface area contributed by atoms with Gasteiger partial charge in [0, 0.05) is 5.38 Å². The molecular formula is C6H4F3N3O3S. The molecule has 16 heavy (non-hydrogen) atoms. The molecule has 0 aliphatic rings. The van der Waals surface area contributed by atoms with E-state index in [4.69, 9.17) is 5.11 Å². The largest absolute Gasteiger partial charge is 0.476 e. The van der Waals surface area contributed by atoms with Gasteiger partial charge in [0.05, 0.1) is 0 Å². The third-order valence-corrected chi connectivity index (χ3v) is 2.02. The highest BCUT2D eigenvalue weighted by molar-refractivity contribution is 7.13. The van der Waals surface area contributed by atoms with Crippen LogP contribution in [-0.2, 0) is 4.79 Å². The summed E-state index contributed by atoms with van der Waals surface area (Å²) in [5, 5.41) is 9.41. The molecule has 0 radical (unpaired) electrons. The van der Waals surface area contributed by atoms with Crippen molar-refractivity contribution in [1.29, 1.82) is 0 Å². The zero-order valence-corrected chi connectivity index (χ0v) is 8.15. The highest BCUT2D eigenvalue weighted by Gasteiger charge is 2.38. The molecule has 1 aromatic rings. The molecule has 1 aromatic heterocycles. The number of aromatic nitrogens is 1. The predicted molar refractivity (Wildman–Crippen MR) is 46.9 cm³/mol. The van der Waals surface area contributed by atoms with Crippen LogP contribution < -0.4 is 10.9 Å². The molecule has 0 aliphatic carbocycles. The van der Waals surface area contributed by atoms with Gasteiger partial charge in [-0.05, 0) is 0 Å². The Kier molecular flexibility index (Phi) is 3.32. The number of hydrogen-bond acceptors (Lipinski definition) is 5. The van der Waals surface area contributed by atoms with Crippen molar-refractivity contribution >= 4 is 28.3 Å². The number of carboxylic acid groups (broad SMARTS) is 1. The summed E-state index contributed by atoms with van der Waals surface area (Å²) < 4.78 is 35.2. The molecular weight excluding hydrogens is 251 g/mol. The van der Waals surface area contributed by atoms with Gasteiger partial charge < -0.3 is 5.11 Å². The van der Waals surface area contributed by atoms with Crippen LogP contribution in [0, 0.1) is 0 Å². The number of carboxylic acids is 1. The van der Waals surface area contributed by atoms with Crippen LogP contribution in [0.4, 0.5) is 18.3 Å². The number of amides is 1. The van der Waals surface area contributed by atoms with Crippen molar-refractivity contribution in [2.75, 3.05) is 5.43 Å². The maximum absolute atomic E-state index is 11.7. The first-order valence-electron chi connectivity index (χ1n) is 3.62. The number of nitrogens with zero attached hydrogens (tertiary/aromatic N) is 1. The number of carbonyl (C=O) groups is 2. The van der Waals surface area contributed by atoms with Crippen molar-refractivity contribution in [3.63, 3.8) is 0 Å². The van der Waals surface area contributed by atoms with Crippen molar-refractivity contribution in [1.82, 2.24) is 10.4 Å². The van der Waals surface area contributed by atoms with Gasteiger partial charge in [-0.1, -0.05) is 0 Å². The Balaban J connectivity index is 2.55. The molecule has 0 aliphatic heterocycles. The topological polar surface area (TPSA) is 91.3 Å². The van der Waals surface area contributed by atoms with Crippen molar-refractivity contribution in [2.24, 2.45) is 0 Å². The van der Waals surface area contributed by atoms with Crippen LogP contribution in [-0.4, -0.2) is 28.1 Å². The summed E-state index contributed by atoms with van der Waals surface area (Å²) in [6, 6.07) is 0. The zero-order chi connectivity index (χ0) is 12.3. The van der Waals surface area contributed by atoms with Gasteiger partial charge in [0.15, 0.2) is 5.69 Å². The molecule has 0 atom stereocenters. The number of anilines is 1. The minimum Gasteiger partial charge on any atom is -0.476 e. The third kappa shape index (κ3) is 3.08. The molecule has 0 saturated carbocycles. The number of thiazole rings is 1. The quantitative estimate of drug-likeness (QED) is 0.696. The van der Waals surface area contributed by atoms with E-state index in [9.17, 15) is 22.8 Å². The van der Waals surface area contributed by atoms with Gasteiger partial charge in [-0.2, -0.15) is 13.2 Å². The Morgan fingerprint density at radius 1 is 1.44 bits per heavy atom. The summed E-state index contributed by atoms with van der Waals surface area (Å²) in [6.45, 7) is 0. The lowest BCUT2D eigenvalue weighted by Crippen LogP contribution is -2.40. The van der Waals surface area contributed by atoms with Gasteiger partial charge in [-0.3, -0.25) is 15.6 Å². The Hall–Kier alpha value is -1.84. The molecule has 6 nitrogen and oxygen atoms in total. The van der Waals surface area contributed by atoms with Crippen LogP contribution in [0.15, 0.2) is 5.38 Å². The number of hydrogen-bond donors (Lipinski definition) is 3. The van der Waals surface area contributed by atoms with Gasteiger partial charge in [0.25, 0.3) is 0 Å². The molecule has 10 heteroatoms. The molecule has 1 heterocycles. The van der Waals surface area contributed by atoms with Gasteiger partial charge in [-0.25, -0.2) is 9.78 Å². The number of carbonyl (C=O) groups excluding carboxylic acids is 1. The first-order chi connectivity index (χ1) is 7.30. The Morgan fingerprint density at radius 2 is 2.06 bits per heavy atom. The fourth-order valence-corrected chi connectivity index (χ4v) is 1.25. The summed E-state index contributed by atoms with van der Waals surface area (Å²) in [7, 11) is 0. The van der Waals surface area contributed by atoms with Gasteiger partial charge in [-0.15, -0.1) is 11.3 Å². The molecule has 0 spiro atoms. The minimum atomic E-state index is -5.01. The second kappa shape index (κ2) is 4.35. The summed E-state index contributed by atoms with van der Waals surface area (Å²) in [5.41, 5.74) is 2.86. The first kappa shape index (κ1) is 12.2. The summed E-state index contributed by atoms with van der Waals surface area (Å²) >= 11 is 0.745. The maximum atomic E-state index is 11.7. The standard InChI is InChI=1S/C6H4F3N3O3S/c7-6(8,9)4(15)11-12-5-10-2(1-16-5)3(13)14/h1H,(H,10,12)(H,11,15)(H,13,14). The lowest BCUT2D eigenvalue weighted by Gasteiger charge is -2.07. The number of alkyl halides is 3. The van der Waals surface area contributed by atoms with Crippen LogP contribution in [0.3, 0.4) is 0 Å². The number of rotatable bonds is 3. The monoisotopic (exact) mass is 255 g/mol. The smallest absolute Gasteiger partial charge is 0.472 e. The molecule has 0 fully saturated rings. The van der Waals surface area contributed by atoms with E-state index in [1.54, 1.807) is 0 Å². The minimum absolute atomic E-state index is 0.157. The molecule has 0 saturated heterocycles. The van der Waals surface area contributed by atoms with E-state index in [-0.39, 0.29) is 10.8 Å². The fraction of sp³-hybridized carbons (Fsp3) is 0.167. The SMILES string of the molecule is O=C(O)c1csc(NNC(=O)C(F)(F)F)n1. The first-order valence-corrected chi connectivity index (χ1v) is 4.50. The molecule has 3 N–H and O–H groups in total. The van der Waals surface area contributed by atoms with Crippen molar-refractivity contribution in [2.45, 2.75) is 6.18 Å². The van der Waals surface area contributed by atoms with E-state index in [1.807, 2.05) is 5.43 Å². The normalized spacial score (nSPS) is 10.9. The summed E-state index contributed by atoms with van der Waals surface area (Å²) in [4.78, 5) is 24.1. The van der Waals surface area contributed by atoms with E-state index >= 15 is 0 Å².